The van der Waals surface area contributed by atoms with Crippen molar-refractivity contribution in [3.05, 3.63) is 28.4 Å². The molecule has 1 saturated heterocycles. The van der Waals surface area contributed by atoms with E-state index in [0.717, 1.165) is 29.1 Å². The number of aliphatic hydroxyl groups is 1. The summed E-state index contributed by atoms with van der Waals surface area (Å²) in [6.45, 7) is 4.47. The monoisotopic (exact) mass is 322 g/mol. The van der Waals surface area contributed by atoms with Gasteiger partial charge in [0.2, 0.25) is 0 Å². The molecular formula is C15H22N4O2S. The molecule has 0 spiro atoms. The highest BCUT2D eigenvalue weighted by Gasteiger charge is 2.31. The molecule has 7 heteroatoms. The summed E-state index contributed by atoms with van der Waals surface area (Å²) in [4.78, 5) is 23.8. The van der Waals surface area contributed by atoms with Gasteiger partial charge >= 0.3 is 0 Å². The van der Waals surface area contributed by atoms with Crippen molar-refractivity contribution in [2.45, 2.75) is 26.0 Å². The summed E-state index contributed by atoms with van der Waals surface area (Å²) < 4.78 is 0. The van der Waals surface area contributed by atoms with E-state index in [1.807, 2.05) is 18.0 Å². The second kappa shape index (κ2) is 6.85. The Hall–Kier alpha value is -1.31. The van der Waals surface area contributed by atoms with Crippen LogP contribution in [0.2, 0.25) is 0 Å². The third kappa shape index (κ3) is 3.21. The van der Waals surface area contributed by atoms with Gasteiger partial charge in [-0.3, -0.25) is 9.69 Å². The van der Waals surface area contributed by atoms with Crippen molar-refractivity contribution in [1.29, 1.82) is 0 Å². The summed E-state index contributed by atoms with van der Waals surface area (Å²) in [6, 6.07) is 0. The Morgan fingerprint density at radius 3 is 3.14 bits per heavy atom. The summed E-state index contributed by atoms with van der Waals surface area (Å²) in [7, 11) is 0. The van der Waals surface area contributed by atoms with Crippen LogP contribution in [0.25, 0.3) is 11.0 Å². The van der Waals surface area contributed by atoms with Crippen LogP contribution in [0.5, 0.6) is 0 Å². The van der Waals surface area contributed by atoms with Crippen molar-refractivity contribution in [2.24, 2.45) is 5.92 Å². The van der Waals surface area contributed by atoms with E-state index in [9.17, 15) is 9.90 Å². The summed E-state index contributed by atoms with van der Waals surface area (Å²) >= 11 is 1.92. The average molecular weight is 322 g/mol. The molecule has 2 aromatic rings. The Kier molecular flexibility index (Phi) is 4.85. The minimum absolute atomic E-state index is 0.147. The van der Waals surface area contributed by atoms with E-state index >= 15 is 0 Å². The molecule has 0 saturated carbocycles. The molecule has 0 radical (unpaired) electrons. The molecule has 0 bridgehead atoms. The summed E-state index contributed by atoms with van der Waals surface area (Å²) in [5.74, 6) is 2.49. The lowest BCUT2D eigenvalue weighted by molar-refractivity contribution is 0.149. The molecule has 2 atom stereocenters. The predicted octanol–water partition coefficient (Wildman–Crippen LogP) is 1.19. The largest absolute Gasteiger partial charge is 0.391 e. The highest BCUT2D eigenvalue weighted by atomic mass is 32.2. The van der Waals surface area contributed by atoms with E-state index in [4.69, 9.17) is 0 Å². The zero-order valence-corrected chi connectivity index (χ0v) is 13.5. The van der Waals surface area contributed by atoms with Gasteiger partial charge < -0.3 is 15.1 Å². The topological polar surface area (TPSA) is 85.0 Å². The Bertz CT molecular complexity index is 683. The molecule has 0 aliphatic carbocycles. The maximum atomic E-state index is 11.7. The maximum Gasteiger partial charge on any atom is 0.275 e. The third-order valence-electron chi connectivity index (χ3n) is 4.10. The fourth-order valence-electron chi connectivity index (χ4n) is 2.98. The van der Waals surface area contributed by atoms with Crippen LogP contribution in [0, 0.1) is 5.92 Å². The number of hydrogen-bond donors (Lipinski definition) is 3. The normalized spacial score (nSPS) is 22.6. The molecule has 3 N–H and O–H groups in total. The van der Waals surface area contributed by atoms with Gasteiger partial charge in [-0.25, -0.2) is 4.98 Å². The number of aromatic amines is 2. The van der Waals surface area contributed by atoms with Gasteiger partial charge in [-0.15, -0.1) is 0 Å². The second-order valence-electron chi connectivity index (χ2n) is 5.87. The van der Waals surface area contributed by atoms with E-state index < -0.39 is 0 Å². The Morgan fingerprint density at radius 1 is 1.45 bits per heavy atom. The van der Waals surface area contributed by atoms with E-state index in [-0.39, 0.29) is 11.7 Å². The van der Waals surface area contributed by atoms with Crippen LogP contribution in [0.1, 0.15) is 18.9 Å². The summed E-state index contributed by atoms with van der Waals surface area (Å²) in [5, 5.41) is 10.2. The van der Waals surface area contributed by atoms with Crippen LogP contribution < -0.4 is 5.56 Å². The average Bonchev–Trinajstić information content (AvgIpc) is 3.05. The molecule has 0 unspecified atom stereocenters. The summed E-state index contributed by atoms with van der Waals surface area (Å²) in [5.41, 5.74) is 2.11. The van der Waals surface area contributed by atoms with Gasteiger partial charge in [0.15, 0.2) is 0 Å². The maximum absolute atomic E-state index is 11.7. The van der Waals surface area contributed by atoms with E-state index in [2.05, 4.69) is 26.8 Å². The van der Waals surface area contributed by atoms with Crippen LogP contribution in [-0.4, -0.2) is 55.7 Å². The van der Waals surface area contributed by atoms with E-state index in [0.29, 0.717) is 24.5 Å². The molecule has 1 aliphatic rings. The molecule has 6 nitrogen and oxygen atoms in total. The second-order valence-corrected chi connectivity index (χ2v) is 7.02. The van der Waals surface area contributed by atoms with Gasteiger partial charge in [-0.05, 0) is 17.9 Å². The molecule has 2 aromatic heterocycles. The number of nitrogens with one attached hydrogen (secondary N) is 2. The van der Waals surface area contributed by atoms with E-state index in [1.165, 1.54) is 12.7 Å². The van der Waals surface area contributed by atoms with Crippen molar-refractivity contribution < 1.29 is 5.11 Å². The number of β-amino-alcohol motifs (C(OH)–C–C–N with tert-alkyl or cyclic N) is 1. The zero-order chi connectivity index (χ0) is 15.5. The lowest BCUT2D eigenvalue weighted by atomic mass is 10.1. The fourth-order valence-corrected chi connectivity index (χ4v) is 4.07. The van der Waals surface area contributed by atoms with Crippen LogP contribution >= 0.6 is 11.8 Å². The Balaban J connectivity index is 1.66. The lowest BCUT2D eigenvalue weighted by Gasteiger charge is -2.14. The van der Waals surface area contributed by atoms with Crippen molar-refractivity contribution in [3.8, 4) is 0 Å². The quantitative estimate of drug-likeness (QED) is 0.696. The van der Waals surface area contributed by atoms with Crippen LogP contribution in [0.3, 0.4) is 0 Å². The summed E-state index contributed by atoms with van der Waals surface area (Å²) in [6.07, 6.45) is 4.20. The van der Waals surface area contributed by atoms with Gasteiger partial charge in [0.1, 0.15) is 5.52 Å². The van der Waals surface area contributed by atoms with Gasteiger partial charge in [-0.2, -0.15) is 11.8 Å². The number of nitrogens with zero attached hydrogens (tertiary/aromatic N) is 2. The number of fused-ring (bicyclic) bond motifs is 1. The molecule has 3 rings (SSSR count). The van der Waals surface area contributed by atoms with Crippen LogP contribution in [0.15, 0.2) is 17.3 Å². The van der Waals surface area contributed by atoms with Crippen molar-refractivity contribution in [3.63, 3.8) is 0 Å². The minimum Gasteiger partial charge on any atom is -0.391 e. The van der Waals surface area contributed by atoms with Crippen molar-refractivity contribution in [1.82, 2.24) is 19.9 Å². The van der Waals surface area contributed by atoms with Crippen LogP contribution in [-0.2, 0) is 6.54 Å². The van der Waals surface area contributed by atoms with Gasteiger partial charge in [-0.1, -0.05) is 6.92 Å². The molecule has 0 aromatic carbocycles. The molecule has 1 aliphatic heterocycles. The van der Waals surface area contributed by atoms with Gasteiger partial charge in [0.25, 0.3) is 5.56 Å². The highest BCUT2D eigenvalue weighted by Crippen LogP contribution is 2.24. The number of aromatic nitrogens is 3. The number of H-pyrrole nitrogens is 2. The lowest BCUT2D eigenvalue weighted by Crippen LogP contribution is -2.21. The minimum atomic E-state index is -0.258. The number of likely N-dealkylation sites (tertiary alicyclic amines) is 1. The first-order chi connectivity index (χ1) is 10.7. The SMILES string of the molecule is CCCSC[C@@H]1CN(Cc2c[nH]c3c(=O)[nH]cnc23)C[C@H]1O. The number of thioether (sulfide) groups is 1. The first-order valence-electron chi connectivity index (χ1n) is 7.70. The molecular weight excluding hydrogens is 300 g/mol. The van der Waals surface area contributed by atoms with E-state index in [1.54, 1.807) is 0 Å². The first-order valence-corrected chi connectivity index (χ1v) is 8.86. The van der Waals surface area contributed by atoms with Gasteiger partial charge in [0.05, 0.1) is 17.9 Å². The van der Waals surface area contributed by atoms with Crippen molar-refractivity contribution in [2.75, 3.05) is 24.6 Å². The predicted molar refractivity (Wildman–Crippen MR) is 89.1 cm³/mol. The Labute approximate surface area is 133 Å². The van der Waals surface area contributed by atoms with Gasteiger partial charge in [0, 0.05) is 37.3 Å². The molecule has 120 valence electrons. The first kappa shape index (κ1) is 15.6. The number of rotatable bonds is 6. The van der Waals surface area contributed by atoms with Crippen LogP contribution in [0.4, 0.5) is 0 Å². The fraction of sp³-hybridized carbons (Fsp3) is 0.600. The third-order valence-corrected chi connectivity index (χ3v) is 5.47. The zero-order valence-electron chi connectivity index (χ0n) is 12.7. The smallest absolute Gasteiger partial charge is 0.275 e. The molecule has 1 fully saturated rings. The van der Waals surface area contributed by atoms with Crippen molar-refractivity contribution >= 4 is 22.8 Å². The number of aliphatic hydroxyl groups excluding tert-OH is 1. The molecule has 22 heavy (non-hydrogen) atoms. The molecule has 0 amide bonds. The Morgan fingerprint density at radius 2 is 2.32 bits per heavy atom. The number of hydrogen-bond acceptors (Lipinski definition) is 5. The highest BCUT2D eigenvalue weighted by molar-refractivity contribution is 7.99. The molecule has 3 heterocycles. The standard InChI is InChI=1S/C15H22N4O2S/c1-2-3-22-8-11-6-19(7-12(11)20)5-10-4-16-14-13(10)17-9-18-15(14)21/h4,9,11-12,16,20H,2-3,5-8H2,1H3,(H,17,18,21)/t11-,12+/m0/s1.